The van der Waals surface area contributed by atoms with E-state index < -0.39 is 0 Å². The molecule has 3 aromatic rings. The Bertz CT molecular complexity index is 1500. The van der Waals surface area contributed by atoms with Crippen molar-refractivity contribution in [2.75, 3.05) is 0 Å². The van der Waals surface area contributed by atoms with Crippen LogP contribution in [0, 0.1) is 27.7 Å². The molecule has 7 nitrogen and oxygen atoms in total. The van der Waals surface area contributed by atoms with E-state index in [-0.39, 0.29) is 34.7 Å². The van der Waals surface area contributed by atoms with E-state index in [1.165, 1.54) is 9.58 Å². The van der Waals surface area contributed by atoms with Crippen LogP contribution in [-0.4, -0.2) is 32.5 Å². The topological polar surface area (TPSA) is 79.1 Å². The maximum absolute atomic E-state index is 14.1. The van der Waals surface area contributed by atoms with Crippen LogP contribution in [0.3, 0.4) is 0 Å². The van der Waals surface area contributed by atoms with Crippen LogP contribution in [0.1, 0.15) is 72.5 Å². The molecule has 0 spiro atoms. The van der Waals surface area contributed by atoms with Gasteiger partial charge in [-0.05, 0) is 64.2 Å². The average molecular weight is 500 g/mol. The molecule has 1 aliphatic carbocycles. The summed E-state index contributed by atoms with van der Waals surface area (Å²) in [6.45, 7) is 9.91. The highest BCUT2D eigenvalue weighted by atomic mass is 16.2. The van der Waals surface area contributed by atoms with Crippen molar-refractivity contribution in [3.05, 3.63) is 80.5 Å². The van der Waals surface area contributed by atoms with Crippen LogP contribution in [0.25, 0.3) is 17.0 Å². The van der Waals surface area contributed by atoms with Gasteiger partial charge in [0, 0.05) is 23.4 Å². The van der Waals surface area contributed by atoms with Crippen molar-refractivity contribution >= 4 is 23.1 Å². The standard InChI is InChI=1S/C30H34N4O3/c1-6-23-25(29(36)34(31-23)24-13-12-18(2)16-20(24)4)26-27(32-15-14-19(3)21(5)17-32)30(37)33(28(26)35)22-10-8-7-9-11-22/h12-17,22H,6-11H2,1-5H3/p+1. The lowest BCUT2D eigenvalue weighted by Crippen LogP contribution is -2.45. The van der Waals surface area contributed by atoms with Gasteiger partial charge < -0.3 is 0 Å². The molecule has 192 valence electrons. The zero-order valence-electron chi connectivity index (χ0n) is 22.4. The molecule has 1 aromatic carbocycles. The maximum Gasteiger partial charge on any atom is 0.327 e. The van der Waals surface area contributed by atoms with E-state index in [4.69, 9.17) is 0 Å². The number of H-pyrrole nitrogens is 1. The van der Waals surface area contributed by atoms with Crippen molar-refractivity contribution in [2.45, 2.75) is 79.2 Å². The first-order chi connectivity index (χ1) is 17.7. The minimum atomic E-state index is -0.365. The predicted molar refractivity (Wildman–Crippen MR) is 143 cm³/mol. The number of pyridine rings is 1. The maximum atomic E-state index is 14.1. The van der Waals surface area contributed by atoms with Gasteiger partial charge in [-0.15, -0.1) is 0 Å². The van der Waals surface area contributed by atoms with E-state index in [9.17, 15) is 14.4 Å². The summed E-state index contributed by atoms with van der Waals surface area (Å²) in [4.78, 5) is 43.5. The summed E-state index contributed by atoms with van der Waals surface area (Å²) in [5.74, 6) is -0.683. The van der Waals surface area contributed by atoms with Gasteiger partial charge in [0.25, 0.3) is 17.2 Å². The number of hydrogen-bond acceptors (Lipinski definition) is 3. The number of benzene rings is 1. The van der Waals surface area contributed by atoms with Gasteiger partial charge in [0.05, 0.1) is 11.3 Å². The van der Waals surface area contributed by atoms with E-state index in [1.54, 1.807) is 4.57 Å². The number of nitrogens with zero attached hydrogens (tertiary/aromatic N) is 3. The van der Waals surface area contributed by atoms with Gasteiger partial charge in [0.2, 0.25) is 0 Å². The number of carbonyl (C=O) groups excluding carboxylic acids is 2. The fourth-order valence-corrected chi connectivity index (χ4v) is 5.71. The molecule has 7 heteroatoms. The van der Waals surface area contributed by atoms with Crippen LogP contribution < -0.4 is 10.1 Å². The van der Waals surface area contributed by atoms with Crippen molar-refractivity contribution in [1.82, 2.24) is 14.7 Å². The Morgan fingerprint density at radius 1 is 0.919 bits per heavy atom. The molecular formula is C30H35N4O3+. The van der Waals surface area contributed by atoms with E-state index in [2.05, 4.69) is 5.10 Å². The summed E-state index contributed by atoms with van der Waals surface area (Å²) < 4.78 is 3.24. The smallest absolute Gasteiger partial charge is 0.294 e. The van der Waals surface area contributed by atoms with Crippen LogP contribution in [-0.2, 0) is 16.0 Å². The second-order valence-electron chi connectivity index (χ2n) is 10.5. The third kappa shape index (κ3) is 4.16. The number of aromatic nitrogens is 3. The first-order valence-electron chi connectivity index (χ1n) is 13.3. The number of hydrogen-bond donors (Lipinski definition) is 1. The molecule has 2 aromatic heterocycles. The van der Waals surface area contributed by atoms with Crippen LogP contribution in [0.5, 0.6) is 0 Å². The van der Waals surface area contributed by atoms with Crippen molar-refractivity contribution in [3.63, 3.8) is 0 Å². The number of aromatic amines is 1. The van der Waals surface area contributed by atoms with Gasteiger partial charge in [0.15, 0.2) is 12.4 Å². The highest BCUT2D eigenvalue weighted by Crippen LogP contribution is 2.35. The monoisotopic (exact) mass is 499 g/mol. The number of rotatable bonds is 5. The summed E-state index contributed by atoms with van der Waals surface area (Å²) in [5.41, 5.74) is 5.97. The molecule has 0 unspecified atom stereocenters. The van der Waals surface area contributed by atoms with Crippen molar-refractivity contribution < 1.29 is 14.2 Å². The lowest BCUT2D eigenvalue weighted by atomic mass is 9.94. The Morgan fingerprint density at radius 2 is 1.65 bits per heavy atom. The highest BCUT2D eigenvalue weighted by Gasteiger charge is 2.50. The predicted octanol–water partition coefficient (Wildman–Crippen LogP) is 4.32. The van der Waals surface area contributed by atoms with Gasteiger partial charge in [-0.25, -0.2) is 4.68 Å². The molecular weight excluding hydrogens is 464 g/mol. The van der Waals surface area contributed by atoms with E-state index in [0.717, 1.165) is 60.0 Å². The minimum Gasteiger partial charge on any atom is -0.294 e. The quantitative estimate of drug-likeness (QED) is 0.420. The number of aryl methyl sites for hydroxylation is 5. The average Bonchev–Trinajstić information content (AvgIpc) is 3.33. The van der Waals surface area contributed by atoms with E-state index >= 15 is 0 Å². The Morgan fingerprint density at radius 3 is 2.30 bits per heavy atom. The molecule has 1 saturated carbocycles. The van der Waals surface area contributed by atoms with Crippen LogP contribution in [0.4, 0.5) is 0 Å². The summed E-state index contributed by atoms with van der Waals surface area (Å²) in [6, 6.07) is 7.70. The molecule has 0 radical (unpaired) electrons. The van der Waals surface area contributed by atoms with E-state index in [0.29, 0.717) is 17.7 Å². The van der Waals surface area contributed by atoms with Gasteiger partial charge in [-0.2, -0.15) is 4.57 Å². The normalized spacial score (nSPS) is 16.8. The summed E-state index contributed by atoms with van der Waals surface area (Å²) in [6.07, 6.45) is 8.91. The SMILES string of the molecule is CCc1[nH]n(-c2ccc(C)cc2C)c(=O)c1C1=C([n+]2ccc(C)c(C)c2)C(=O)N(C2CCCCC2)C1=O. The number of nitrogens with one attached hydrogen (secondary N) is 1. The summed E-state index contributed by atoms with van der Waals surface area (Å²) in [7, 11) is 0. The molecule has 3 heterocycles. The van der Waals surface area contributed by atoms with Crippen molar-refractivity contribution in [1.29, 1.82) is 0 Å². The second-order valence-corrected chi connectivity index (χ2v) is 10.5. The molecule has 0 atom stereocenters. The van der Waals surface area contributed by atoms with Crippen LogP contribution in [0.2, 0.25) is 0 Å². The Balaban J connectivity index is 1.75. The Kier molecular flexibility index (Phi) is 6.48. The van der Waals surface area contributed by atoms with Gasteiger partial charge in [-0.1, -0.05) is 43.9 Å². The van der Waals surface area contributed by atoms with Crippen molar-refractivity contribution in [3.8, 4) is 5.69 Å². The molecule has 2 amide bonds. The highest BCUT2D eigenvalue weighted by molar-refractivity contribution is 6.44. The minimum absolute atomic E-state index is 0.140. The molecule has 1 aliphatic heterocycles. The fourth-order valence-electron chi connectivity index (χ4n) is 5.71. The molecule has 1 fully saturated rings. The molecule has 1 N–H and O–H groups in total. The second kappa shape index (κ2) is 9.61. The lowest BCUT2D eigenvalue weighted by Gasteiger charge is -2.29. The largest absolute Gasteiger partial charge is 0.327 e. The first kappa shape index (κ1) is 24.9. The third-order valence-electron chi connectivity index (χ3n) is 7.89. The lowest BCUT2D eigenvalue weighted by molar-refractivity contribution is -0.577. The molecule has 2 aliphatic rings. The number of amides is 2. The Hall–Kier alpha value is -3.74. The number of carbonyl (C=O) groups is 2. The summed E-state index contributed by atoms with van der Waals surface area (Å²) >= 11 is 0. The van der Waals surface area contributed by atoms with Gasteiger partial charge >= 0.3 is 5.91 Å². The van der Waals surface area contributed by atoms with Crippen LogP contribution in [0.15, 0.2) is 41.5 Å². The molecule has 37 heavy (non-hydrogen) atoms. The zero-order valence-corrected chi connectivity index (χ0v) is 22.4. The third-order valence-corrected chi connectivity index (χ3v) is 7.89. The fraction of sp³-hybridized carbons (Fsp3) is 0.400. The zero-order chi connectivity index (χ0) is 26.4. The molecule has 5 rings (SSSR count). The first-order valence-corrected chi connectivity index (χ1v) is 13.3. The summed E-state index contributed by atoms with van der Waals surface area (Å²) in [5, 5.41) is 3.25. The molecule has 0 saturated heterocycles. The number of imide groups is 1. The van der Waals surface area contributed by atoms with Crippen molar-refractivity contribution in [2.24, 2.45) is 0 Å². The van der Waals surface area contributed by atoms with Crippen LogP contribution >= 0.6 is 0 Å². The van der Waals surface area contributed by atoms with E-state index in [1.807, 2.05) is 71.3 Å². The van der Waals surface area contributed by atoms with Gasteiger partial charge in [0.1, 0.15) is 5.57 Å². The molecule has 0 bridgehead atoms. The Labute approximate surface area is 217 Å². The van der Waals surface area contributed by atoms with Gasteiger partial charge in [-0.3, -0.25) is 24.4 Å².